The van der Waals surface area contributed by atoms with Gasteiger partial charge in [-0.1, -0.05) is 13.3 Å². The average molecular weight is 238 g/mol. The van der Waals surface area contributed by atoms with Crippen molar-refractivity contribution in [3.63, 3.8) is 0 Å². The minimum atomic E-state index is -0.575. The van der Waals surface area contributed by atoms with Gasteiger partial charge in [0.2, 0.25) is 0 Å². The standard InChI is InChI=1S/C14H22O3/c1-13-4-2-5-14(16,9-13)11-8-17-12(15)7-10(11)3-6-13/h10-11,16H,2-9H2,1H3/t10-,11-,13+,14-/m1/s1. The summed E-state index contributed by atoms with van der Waals surface area (Å²) in [6.07, 6.45) is 6.89. The Kier molecular flexibility index (Phi) is 2.51. The van der Waals surface area contributed by atoms with Crippen LogP contribution in [0.2, 0.25) is 0 Å². The number of hydrogen-bond acceptors (Lipinski definition) is 3. The number of fused-ring (bicyclic) bond motifs is 4. The highest BCUT2D eigenvalue weighted by Gasteiger charge is 2.52. The van der Waals surface area contributed by atoms with E-state index in [1.54, 1.807) is 0 Å². The smallest absolute Gasteiger partial charge is 0.306 e. The molecular formula is C14H22O3. The third-order valence-corrected chi connectivity index (χ3v) is 5.35. The van der Waals surface area contributed by atoms with Crippen LogP contribution in [0.1, 0.15) is 51.9 Å². The first-order chi connectivity index (χ1) is 8.01. The van der Waals surface area contributed by atoms with Crippen LogP contribution in [-0.2, 0) is 9.53 Å². The number of aliphatic hydroxyl groups is 1. The van der Waals surface area contributed by atoms with E-state index in [2.05, 4.69) is 6.92 Å². The highest BCUT2D eigenvalue weighted by molar-refractivity contribution is 5.70. The second-order valence-electron chi connectivity index (χ2n) is 6.74. The average Bonchev–Trinajstić information content (AvgIpc) is 2.32. The maximum absolute atomic E-state index is 11.4. The monoisotopic (exact) mass is 238 g/mol. The van der Waals surface area contributed by atoms with Gasteiger partial charge in [0, 0.05) is 12.3 Å². The fourth-order valence-corrected chi connectivity index (χ4v) is 4.43. The number of rotatable bonds is 0. The van der Waals surface area contributed by atoms with Crippen LogP contribution in [0.25, 0.3) is 0 Å². The van der Waals surface area contributed by atoms with Gasteiger partial charge in [-0.2, -0.15) is 0 Å². The molecule has 96 valence electrons. The van der Waals surface area contributed by atoms with Crippen molar-refractivity contribution in [1.29, 1.82) is 0 Å². The molecule has 1 saturated heterocycles. The van der Waals surface area contributed by atoms with Gasteiger partial charge in [0.1, 0.15) is 0 Å². The van der Waals surface area contributed by atoms with Gasteiger partial charge in [0.05, 0.1) is 12.2 Å². The molecule has 0 aromatic rings. The van der Waals surface area contributed by atoms with Crippen molar-refractivity contribution in [2.45, 2.75) is 57.5 Å². The van der Waals surface area contributed by atoms with Gasteiger partial charge >= 0.3 is 5.97 Å². The highest BCUT2D eigenvalue weighted by atomic mass is 16.5. The molecule has 3 rings (SSSR count). The SMILES string of the molecule is C[C@@]12CCC[C@@](O)(C1)[C@@H]1COC(=O)C[C@H]1CC2. The molecule has 1 N–H and O–H groups in total. The van der Waals surface area contributed by atoms with E-state index in [0.717, 1.165) is 32.1 Å². The van der Waals surface area contributed by atoms with Gasteiger partial charge < -0.3 is 9.84 Å². The van der Waals surface area contributed by atoms with Crippen molar-refractivity contribution in [3.8, 4) is 0 Å². The van der Waals surface area contributed by atoms with Gasteiger partial charge in [0.25, 0.3) is 0 Å². The normalized spacial score (nSPS) is 50.1. The second kappa shape index (κ2) is 3.71. The molecule has 0 radical (unpaired) electrons. The first-order valence-electron chi connectivity index (χ1n) is 6.89. The zero-order chi connectivity index (χ0) is 12.1. The lowest BCUT2D eigenvalue weighted by atomic mass is 9.64. The van der Waals surface area contributed by atoms with Crippen LogP contribution in [0.5, 0.6) is 0 Å². The summed E-state index contributed by atoms with van der Waals surface area (Å²) in [6.45, 7) is 2.74. The molecule has 3 fully saturated rings. The van der Waals surface area contributed by atoms with Crippen LogP contribution >= 0.6 is 0 Å². The minimum absolute atomic E-state index is 0.0727. The number of carbonyl (C=O) groups is 1. The van der Waals surface area contributed by atoms with Crippen LogP contribution in [0.4, 0.5) is 0 Å². The molecule has 1 aliphatic heterocycles. The molecule has 0 aromatic heterocycles. The summed E-state index contributed by atoms with van der Waals surface area (Å²) in [5, 5.41) is 10.9. The Balaban J connectivity index is 1.91. The van der Waals surface area contributed by atoms with Crippen molar-refractivity contribution in [2.24, 2.45) is 17.3 Å². The number of carbonyl (C=O) groups excluding carboxylic acids is 1. The fraction of sp³-hybridized carbons (Fsp3) is 0.929. The molecule has 1 heterocycles. The second-order valence-corrected chi connectivity index (χ2v) is 6.74. The van der Waals surface area contributed by atoms with Crippen LogP contribution in [0, 0.1) is 17.3 Å². The van der Waals surface area contributed by atoms with Crippen molar-refractivity contribution in [2.75, 3.05) is 6.61 Å². The molecule has 0 spiro atoms. The molecule has 3 heteroatoms. The zero-order valence-corrected chi connectivity index (χ0v) is 10.6. The van der Waals surface area contributed by atoms with Crippen LogP contribution in [0.3, 0.4) is 0 Å². The van der Waals surface area contributed by atoms with E-state index in [-0.39, 0.29) is 17.3 Å². The summed E-state index contributed by atoms with van der Waals surface area (Å²) < 4.78 is 5.19. The van der Waals surface area contributed by atoms with E-state index >= 15 is 0 Å². The molecule has 0 unspecified atom stereocenters. The Bertz CT molecular complexity index is 340. The lowest BCUT2D eigenvalue weighted by molar-refractivity contribution is -0.167. The minimum Gasteiger partial charge on any atom is -0.465 e. The lowest BCUT2D eigenvalue weighted by Gasteiger charge is -2.46. The van der Waals surface area contributed by atoms with Gasteiger partial charge in [-0.15, -0.1) is 0 Å². The summed E-state index contributed by atoms with van der Waals surface area (Å²) in [4.78, 5) is 11.4. The first kappa shape index (κ1) is 11.5. The molecule has 2 aliphatic carbocycles. The Morgan fingerprint density at radius 3 is 3.00 bits per heavy atom. The van der Waals surface area contributed by atoms with E-state index in [9.17, 15) is 9.90 Å². The summed E-state index contributed by atoms with van der Waals surface area (Å²) >= 11 is 0. The van der Waals surface area contributed by atoms with Crippen molar-refractivity contribution in [1.82, 2.24) is 0 Å². The Hall–Kier alpha value is -0.570. The van der Waals surface area contributed by atoms with E-state index in [1.807, 2.05) is 0 Å². The third kappa shape index (κ3) is 1.88. The molecule has 3 nitrogen and oxygen atoms in total. The molecule has 3 aliphatic rings. The van der Waals surface area contributed by atoms with E-state index in [0.29, 0.717) is 18.9 Å². The predicted molar refractivity (Wildman–Crippen MR) is 63.3 cm³/mol. The largest absolute Gasteiger partial charge is 0.465 e. The molecule has 2 saturated carbocycles. The Morgan fingerprint density at radius 1 is 1.35 bits per heavy atom. The van der Waals surface area contributed by atoms with E-state index < -0.39 is 5.60 Å². The number of hydrogen-bond donors (Lipinski definition) is 1. The molecule has 0 amide bonds. The van der Waals surface area contributed by atoms with E-state index in [4.69, 9.17) is 4.74 Å². The Morgan fingerprint density at radius 2 is 2.18 bits per heavy atom. The van der Waals surface area contributed by atoms with Gasteiger partial charge in [-0.25, -0.2) is 0 Å². The van der Waals surface area contributed by atoms with Gasteiger partial charge in [-0.3, -0.25) is 4.79 Å². The van der Waals surface area contributed by atoms with Crippen LogP contribution < -0.4 is 0 Å². The topological polar surface area (TPSA) is 46.5 Å². The summed E-state index contributed by atoms with van der Waals surface area (Å²) in [5.74, 6) is 0.458. The predicted octanol–water partition coefficient (Wildman–Crippen LogP) is 2.27. The molecule has 4 atom stereocenters. The molecule has 2 bridgehead atoms. The number of cyclic esters (lactones) is 1. The maximum atomic E-state index is 11.4. The van der Waals surface area contributed by atoms with Crippen LogP contribution in [0.15, 0.2) is 0 Å². The first-order valence-corrected chi connectivity index (χ1v) is 6.89. The van der Waals surface area contributed by atoms with Crippen LogP contribution in [-0.4, -0.2) is 23.3 Å². The lowest BCUT2D eigenvalue weighted by Crippen LogP contribution is -2.50. The summed E-state index contributed by atoms with van der Waals surface area (Å²) in [5.41, 5.74) is -0.289. The zero-order valence-electron chi connectivity index (χ0n) is 10.6. The quantitative estimate of drug-likeness (QED) is 0.658. The number of ether oxygens (including phenoxy) is 1. The Labute approximate surface area is 103 Å². The molecule has 17 heavy (non-hydrogen) atoms. The van der Waals surface area contributed by atoms with Crippen molar-refractivity contribution >= 4 is 5.97 Å². The van der Waals surface area contributed by atoms with E-state index in [1.165, 1.54) is 6.42 Å². The molecular weight excluding hydrogens is 216 g/mol. The van der Waals surface area contributed by atoms with Crippen molar-refractivity contribution in [3.05, 3.63) is 0 Å². The summed E-state index contributed by atoms with van der Waals surface area (Å²) in [6, 6.07) is 0. The molecule has 0 aromatic carbocycles. The maximum Gasteiger partial charge on any atom is 0.306 e. The number of esters is 1. The fourth-order valence-electron chi connectivity index (χ4n) is 4.43. The third-order valence-electron chi connectivity index (χ3n) is 5.35. The van der Waals surface area contributed by atoms with Gasteiger partial charge in [0.15, 0.2) is 0 Å². The highest BCUT2D eigenvalue weighted by Crippen LogP contribution is 2.54. The van der Waals surface area contributed by atoms with Gasteiger partial charge in [-0.05, 0) is 43.4 Å². The van der Waals surface area contributed by atoms with Crippen molar-refractivity contribution < 1.29 is 14.6 Å². The summed E-state index contributed by atoms with van der Waals surface area (Å²) in [7, 11) is 0.